The van der Waals surface area contributed by atoms with Crippen molar-refractivity contribution >= 4 is 23.1 Å². The number of halogens is 1. The van der Waals surface area contributed by atoms with Crippen LogP contribution in [0.3, 0.4) is 0 Å². The third-order valence-electron chi connectivity index (χ3n) is 5.71. The van der Waals surface area contributed by atoms with Crippen molar-refractivity contribution in [3.05, 3.63) is 71.7 Å². The Morgan fingerprint density at radius 2 is 1.85 bits per heavy atom. The van der Waals surface area contributed by atoms with Gasteiger partial charge in [0.25, 0.3) is 0 Å². The van der Waals surface area contributed by atoms with Gasteiger partial charge in [0.1, 0.15) is 18.0 Å². The number of nitrogens with zero attached hydrogens (tertiary/aromatic N) is 2. The van der Waals surface area contributed by atoms with Gasteiger partial charge in [-0.25, -0.2) is 14.0 Å². The Morgan fingerprint density at radius 3 is 2.58 bits per heavy atom. The Kier molecular flexibility index (Phi) is 6.40. The minimum atomic E-state index is -0.675. The first-order valence-electron chi connectivity index (χ1n) is 11.2. The van der Waals surface area contributed by atoms with Crippen molar-refractivity contribution < 1.29 is 23.5 Å². The summed E-state index contributed by atoms with van der Waals surface area (Å²) in [7, 11) is 0. The van der Waals surface area contributed by atoms with Crippen molar-refractivity contribution in [3.8, 4) is 0 Å². The SMILES string of the molecule is CC(C)(C)OC(=O)n1cc(C[C@@H]2CCCN2C(=O)OCc2ccccc2)c2ccc(F)cc21. The van der Waals surface area contributed by atoms with Gasteiger partial charge in [-0.1, -0.05) is 30.3 Å². The smallest absolute Gasteiger partial charge is 0.419 e. The number of hydrogen-bond acceptors (Lipinski definition) is 4. The number of carbonyl (C=O) groups excluding carboxylic acids is 2. The van der Waals surface area contributed by atoms with E-state index in [0.717, 1.165) is 29.4 Å². The van der Waals surface area contributed by atoms with Crippen LogP contribution in [0.25, 0.3) is 10.9 Å². The molecular formula is C26H29FN2O4. The summed E-state index contributed by atoms with van der Waals surface area (Å²) in [5.74, 6) is -0.427. The number of likely N-dealkylation sites (tertiary alicyclic amines) is 1. The summed E-state index contributed by atoms with van der Waals surface area (Å²) in [5, 5.41) is 0.770. The summed E-state index contributed by atoms with van der Waals surface area (Å²) in [6, 6.07) is 13.9. The van der Waals surface area contributed by atoms with Crippen molar-refractivity contribution in [3.63, 3.8) is 0 Å². The Hall–Kier alpha value is -3.35. The van der Waals surface area contributed by atoms with Crippen LogP contribution in [0.4, 0.5) is 14.0 Å². The van der Waals surface area contributed by atoms with Gasteiger partial charge in [-0.3, -0.25) is 4.57 Å². The molecule has 2 aromatic carbocycles. The zero-order valence-corrected chi connectivity index (χ0v) is 19.2. The molecule has 0 bridgehead atoms. The maximum absolute atomic E-state index is 14.0. The molecule has 1 aliphatic heterocycles. The highest BCUT2D eigenvalue weighted by Crippen LogP contribution is 2.29. The van der Waals surface area contributed by atoms with Gasteiger partial charge in [-0.15, -0.1) is 0 Å². The molecule has 1 amide bonds. The predicted molar refractivity (Wildman–Crippen MR) is 124 cm³/mol. The molecule has 2 heterocycles. The normalized spacial score (nSPS) is 16.2. The molecule has 7 heteroatoms. The number of amides is 1. The van der Waals surface area contributed by atoms with E-state index in [2.05, 4.69) is 0 Å². The van der Waals surface area contributed by atoms with Gasteiger partial charge in [0, 0.05) is 24.2 Å². The van der Waals surface area contributed by atoms with Crippen LogP contribution >= 0.6 is 0 Å². The first-order chi connectivity index (χ1) is 15.7. The molecule has 1 atom stereocenters. The number of rotatable bonds is 4. The molecule has 174 valence electrons. The lowest BCUT2D eigenvalue weighted by Gasteiger charge is -2.24. The quantitative estimate of drug-likeness (QED) is 0.494. The average Bonchev–Trinajstić information content (AvgIpc) is 3.36. The fraction of sp³-hybridized carbons (Fsp3) is 0.385. The molecule has 3 aromatic rings. The fourth-order valence-corrected chi connectivity index (χ4v) is 4.24. The van der Waals surface area contributed by atoms with Crippen LogP contribution in [0, 0.1) is 5.82 Å². The number of carbonyl (C=O) groups is 2. The minimum Gasteiger partial charge on any atom is -0.445 e. The van der Waals surface area contributed by atoms with E-state index in [4.69, 9.17) is 9.47 Å². The first kappa shape index (κ1) is 22.8. The monoisotopic (exact) mass is 452 g/mol. The molecule has 0 saturated carbocycles. The predicted octanol–water partition coefficient (Wildman–Crippen LogP) is 5.91. The van der Waals surface area contributed by atoms with Gasteiger partial charge in [0.15, 0.2) is 0 Å². The Morgan fingerprint density at radius 1 is 1.09 bits per heavy atom. The second-order valence-electron chi connectivity index (χ2n) is 9.40. The molecule has 0 radical (unpaired) electrons. The van der Waals surface area contributed by atoms with Gasteiger partial charge in [0.05, 0.1) is 5.52 Å². The number of benzene rings is 2. The lowest BCUT2D eigenvalue weighted by molar-refractivity contribution is 0.0543. The fourth-order valence-electron chi connectivity index (χ4n) is 4.24. The molecule has 0 spiro atoms. The van der Waals surface area contributed by atoms with E-state index >= 15 is 0 Å². The highest BCUT2D eigenvalue weighted by atomic mass is 19.1. The van der Waals surface area contributed by atoms with E-state index in [1.165, 1.54) is 16.7 Å². The molecular weight excluding hydrogens is 423 g/mol. The van der Waals surface area contributed by atoms with Crippen molar-refractivity contribution in [1.82, 2.24) is 9.47 Å². The molecule has 1 saturated heterocycles. The standard InChI is InChI=1S/C26H29FN2O4/c1-26(2,3)33-25(31)29-16-19(22-12-11-20(27)15-23(22)29)14-21-10-7-13-28(21)24(30)32-17-18-8-5-4-6-9-18/h4-6,8-9,11-12,15-16,21H,7,10,13-14,17H2,1-3H3/t21-/m0/s1. The molecule has 1 aliphatic rings. The van der Waals surface area contributed by atoms with E-state index < -0.39 is 17.5 Å². The minimum absolute atomic E-state index is 0.0592. The molecule has 0 unspecified atom stereocenters. The molecule has 1 fully saturated rings. The van der Waals surface area contributed by atoms with Crippen LogP contribution in [-0.4, -0.2) is 39.8 Å². The third kappa shape index (κ3) is 5.35. The van der Waals surface area contributed by atoms with E-state index in [9.17, 15) is 14.0 Å². The summed E-state index contributed by atoms with van der Waals surface area (Å²) in [5.41, 5.74) is 1.58. The number of fused-ring (bicyclic) bond motifs is 1. The van der Waals surface area contributed by atoms with Gasteiger partial charge in [0.2, 0.25) is 0 Å². The molecule has 0 N–H and O–H groups in total. The van der Waals surface area contributed by atoms with Gasteiger partial charge in [-0.05, 0) is 69.4 Å². The van der Waals surface area contributed by atoms with E-state index in [1.807, 2.05) is 30.3 Å². The number of aromatic nitrogens is 1. The number of ether oxygens (including phenoxy) is 2. The van der Waals surface area contributed by atoms with E-state index in [-0.39, 0.29) is 18.7 Å². The topological polar surface area (TPSA) is 60.8 Å². The molecule has 1 aromatic heterocycles. The van der Waals surface area contributed by atoms with Crippen molar-refractivity contribution in [1.29, 1.82) is 0 Å². The van der Waals surface area contributed by atoms with Crippen molar-refractivity contribution in [2.45, 2.75) is 58.3 Å². The summed E-state index contributed by atoms with van der Waals surface area (Å²) in [6.07, 6.45) is 3.05. The Bertz CT molecular complexity index is 1150. The lowest BCUT2D eigenvalue weighted by atomic mass is 10.0. The van der Waals surface area contributed by atoms with Crippen molar-refractivity contribution in [2.24, 2.45) is 0 Å². The highest BCUT2D eigenvalue weighted by Gasteiger charge is 2.31. The van der Waals surface area contributed by atoms with Crippen LogP contribution in [0.2, 0.25) is 0 Å². The second-order valence-corrected chi connectivity index (χ2v) is 9.40. The van der Waals surface area contributed by atoms with Gasteiger partial charge < -0.3 is 14.4 Å². The lowest BCUT2D eigenvalue weighted by Crippen LogP contribution is -2.37. The van der Waals surface area contributed by atoms with Gasteiger partial charge in [-0.2, -0.15) is 0 Å². The summed E-state index contributed by atoms with van der Waals surface area (Å²) in [6.45, 7) is 6.21. The average molecular weight is 453 g/mol. The van der Waals surface area contributed by atoms with E-state index in [0.29, 0.717) is 18.5 Å². The first-order valence-corrected chi connectivity index (χ1v) is 11.2. The Balaban J connectivity index is 1.54. The van der Waals surface area contributed by atoms with Gasteiger partial charge >= 0.3 is 12.2 Å². The zero-order chi connectivity index (χ0) is 23.6. The number of hydrogen-bond donors (Lipinski definition) is 0. The second kappa shape index (κ2) is 9.25. The molecule has 33 heavy (non-hydrogen) atoms. The molecule has 4 rings (SSSR count). The summed E-state index contributed by atoms with van der Waals surface area (Å²) >= 11 is 0. The maximum atomic E-state index is 14.0. The zero-order valence-electron chi connectivity index (χ0n) is 19.2. The molecule has 6 nitrogen and oxygen atoms in total. The van der Waals surface area contributed by atoms with Crippen LogP contribution in [-0.2, 0) is 22.5 Å². The summed E-state index contributed by atoms with van der Waals surface area (Å²) in [4.78, 5) is 27.3. The largest absolute Gasteiger partial charge is 0.445 e. The summed E-state index contributed by atoms with van der Waals surface area (Å²) < 4.78 is 26.4. The maximum Gasteiger partial charge on any atom is 0.419 e. The van der Waals surface area contributed by atoms with Crippen LogP contribution in [0.1, 0.15) is 44.7 Å². The van der Waals surface area contributed by atoms with E-state index in [1.54, 1.807) is 37.9 Å². The van der Waals surface area contributed by atoms with Crippen molar-refractivity contribution in [2.75, 3.05) is 6.54 Å². The van der Waals surface area contributed by atoms with Crippen LogP contribution in [0.5, 0.6) is 0 Å². The molecule has 0 aliphatic carbocycles. The third-order valence-corrected chi connectivity index (χ3v) is 5.71. The van der Waals surface area contributed by atoms with Crippen LogP contribution in [0.15, 0.2) is 54.7 Å². The van der Waals surface area contributed by atoms with Crippen LogP contribution < -0.4 is 0 Å². The Labute approximate surface area is 192 Å². The highest BCUT2D eigenvalue weighted by molar-refractivity contribution is 5.92.